The molecule has 2 nitrogen and oxygen atoms in total. The van der Waals surface area contributed by atoms with Gasteiger partial charge in [-0.1, -0.05) is 83.4 Å². The van der Waals surface area contributed by atoms with E-state index in [9.17, 15) is 5.26 Å². The Kier molecular flexibility index (Phi) is 6.42. The first-order valence-electron chi connectivity index (χ1n) is 10.00. The average Bonchev–Trinajstić information content (AvgIpc) is 2.79. The lowest BCUT2D eigenvalue weighted by atomic mass is 9.99. The Morgan fingerprint density at radius 1 is 0.839 bits per heavy atom. The molecule has 1 aromatic heterocycles. The molecule has 0 aliphatic rings. The van der Waals surface area contributed by atoms with Crippen LogP contribution in [0.25, 0.3) is 22.4 Å². The number of hydrogen-bond donors (Lipinski definition) is 0. The molecule has 4 aromatic rings. The first kappa shape index (κ1) is 21.2. The third kappa shape index (κ3) is 4.99. The van der Waals surface area contributed by atoms with Crippen LogP contribution in [0.1, 0.15) is 22.3 Å². The van der Waals surface area contributed by atoms with Crippen LogP contribution in [0.15, 0.2) is 83.9 Å². The molecule has 3 aromatic carbocycles. The molecule has 0 amide bonds. The zero-order valence-electron chi connectivity index (χ0n) is 17.4. The summed E-state index contributed by atoms with van der Waals surface area (Å²) in [4.78, 5) is 4.89. The molecule has 0 saturated heterocycles. The molecule has 0 spiro atoms. The first-order chi connectivity index (χ1) is 15.0. The molecule has 0 radical (unpaired) electrons. The molecule has 0 saturated carbocycles. The highest BCUT2D eigenvalue weighted by Gasteiger charge is 2.16. The van der Waals surface area contributed by atoms with E-state index < -0.39 is 0 Å². The summed E-state index contributed by atoms with van der Waals surface area (Å²) in [5, 5.41) is 11.4. The lowest BCUT2D eigenvalue weighted by Gasteiger charge is -2.13. The van der Waals surface area contributed by atoms with Gasteiger partial charge in [-0.15, -0.1) is 11.8 Å². The lowest BCUT2D eigenvalue weighted by molar-refractivity contribution is 1.11. The van der Waals surface area contributed by atoms with Crippen LogP contribution in [0.3, 0.4) is 0 Å². The van der Waals surface area contributed by atoms with E-state index in [1.165, 1.54) is 16.7 Å². The molecular weight excluding hydrogens is 420 g/mol. The van der Waals surface area contributed by atoms with E-state index in [-0.39, 0.29) is 0 Å². The van der Waals surface area contributed by atoms with Gasteiger partial charge in [-0.2, -0.15) is 5.26 Å². The summed E-state index contributed by atoms with van der Waals surface area (Å²) in [6.45, 7) is 4.15. The van der Waals surface area contributed by atoms with E-state index in [2.05, 4.69) is 68.4 Å². The first-order valence-corrected chi connectivity index (χ1v) is 11.4. The predicted molar refractivity (Wildman–Crippen MR) is 130 cm³/mol. The quantitative estimate of drug-likeness (QED) is 0.296. The van der Waals surface area contributed by atoms with E-state index in [1.54, 1.807) is 11.8 Å². The highest BCUT2D eigenvalue weighted by molar-refractivity contribution is 7.98. The van der Waals surface area contributed by atoms with Crippen molar-refractivity contribution in [3.8, 4) is 28.5 Å². The van der Waals surface area contributed by atoms with Gasteiger partial charge >= 0.3 is 0 Å². The Morgan fingerprint density at radius 3 is 2.03 bits per heavy atom. The monoisotopic (exact) mass is 440 g/mol. The number of thioether (sulfide) groups is 1. The van der Waals surface area contributed by atoms with Gasteiger partial charge in [0.25, 0.3) is 0 Å². The maximum atomic E-state index is 10.0. The van der Waals surface area contributed by atoms with Gasteiger partial charge in [-0.25, -0.2) is 4.98 Å². The van der Waals surface area contributed by atoms with Crippen LogP contribution in [0, 0.1) is 25.2 Å². The van der Waals surface area contributed by atoms with E-state index >= 15 is 0 Å². The smallest absolute Gasteiger partial charge is 0.115 e. The van der Waals surface area contributed by atoms with Crippen molar-refractivity contribution >= 4 is 23.4 Å². The van der Waals surface area contributed by atoms with Gasteiger partial charge in [-0.05, 0) is 43.2 Å². The zero-order chi connectivity index (χ0) is 21.8. The zero-order valence-corrected chi connectivity index (χ0v) is 19.0. The Bertz CT molecular complexity index is 1240. The molecule has 0 aliphatic heterocycles. The van der Waals surface area contributed by atoms with Crippen molar-refractivity contribution < 1.29 is 0 Å². The minimum absolute atomic E-state index is 0.593. The van der Waals surface area contributed by atoms with Gasteiger partial charge in [0.1, 0.15) is 11.1 Å². The van der Waals surface area contributed by atoms with E-state index in [1.807, 2.05) is 30.3 Å². The van der Waals surface area contributed by atoms with Crippen molar-refractivity contribution in [3.05, 3.63) is 106 Å². The van der Waals surface area contributed by atoms with Gasteiger partial charge in [0.05, 0.1) is 11.3 Å². The predicted octanol–water partition coefficient (Wildman–Crippen LogP) is 7.85. The van der Waals surface area contributed by atoms with E-state index in [0.29, 0.717) is 10.6 Å². The van der Waals surface area contributed by atoms with Crippen LogP contribution in [-0.2, 0) is 5.75 Å². The molecule has 0 bridgehead atoms. The number of nitrogens with zero attached hydrogens (tertiary/aromatic N) is 2. The molecule has 0 N–H and O–H groups in total. The summed E-state index contributed by atoms with van der Waals surface area (Å²) in [6.07, 6.45) is 0. The molecule has 152 valence electrons. The SMILES string of the molecule is Cc1ccc(CSc2nc(-c3ccc(C)cc3)cc(-c3ccc(Cl)cc3)c2C#N)cc1. The second kappa shape index (κ2) is 9.39. The third-order valence-corrected chi connectivity index (χ3v) is 6.40. The van der Waals surface area contributed by atoms with Crippen LogP contribution < -0.4 is 0 Å². The van der Waals surface area contributed by atoms with Gasteiger partial charge in [0.15, 0.2) is 0 Å². The molecule has 0 aliphatic carbocycles. The lowest BCUT2D eigenvalue weighted by Crippen LogP contribution is -1.96. The Labute approximate surface area is 192 Å². The van der Waals surface area contributed by atoms with Crippen molar-refractivity contribution in [2.75, 3.05) is 0 Å². The highest BCUT2D eigenvalue weighted by Crippen LogP contribution is 2.35. The topological polar surface area (TPSA) is 36.7 Å². The van der Waals surface area contributed by atoms with E-state index in [4.69, 9.17) is 16.6 Å². The second-order valence-electron chi connectivity index (χ2n) is 7.49. The van der Waals surface area contributed by atoms with Gasteiger partial charge in [0, 0.05) is 21.9 Å². The number of aromatic nitrogens is 1. The Hall–Kier alpha value is -3.06. The summed E-state index contributed by atoms with van der Waals surface area (Å²) in [6, 6.07) is 28.8. The van der Waals surface area contributed by atoms with Crippen LogP contribution >= 0.6 is 23.4 Å². The number of halogens is 1. The standard InChI is InChI=1S/C27H21ClN2S/c1-18-3-7-20(8-4-18)17-31-27-25(16-29)24(21-11-13-23(28)14-12-21)15-26(30-27)22-9-5-19(2)6-10-22/h3-15H,17H2,1-2H3. The van der Waals surface area contributed by atoms with E-state index in [0.717, 1.165) is 33.2 Å². The van der Waals surface area contributed by atoms with Crippen LogP contribution in [0.4, 0.5) is 0 Å². The minimum atomic E-state index is 0.593. The summed E-state index contributed by atoms with van der Waals surface area (Å²) in [5.74, 6) is 0.749. The number of benzene rings is 3. The molecule has 0 atom stereocenters. The van der Waals surface area contributed by atoms with Crippen LogP contribution in [-0.4, -0.2) is 4.98 Å². The molecule has 0 fully saturated rings. The number of aryl methyl sites for hydroxylation is 2. The summed E-state index contributed by atoms with van der Waals surface area (Å²) < 4.78 is 0. The van der Waals surface area contributed by atoms with Crippen molar-refractivity contribution in [1.29, 1.82) is 5.26 Å². The Morgan fingerprint density at radius 2 is 1.42 bits per heavy atom. The highest BCUT2D eigenvalue weighted by atomic mass is 35.5. The van der Waals surface area contributed by atoms with Gasteiger partial charge < -0.3 is 0 Å². The van der Waals surface area contributed by atoms with Crippen molar-refractivity contribution in [2.24, 2.45) is 0 Å². The van der Waals surface area contributed by atoms with Gasteiger partial charge in [-0.3, -0.25) is 0 Å². The molecular formula is C27H21ClN2S. The van der Waals surface area contributed by atoms with Gasteiger partial charge in [0.2, 0.25) is 0 Å². The fraction of sp³-hybridized carbons (Fsp3) is 0.111. The molecule has 4 heteroatoms. The molecule has 31 heavy (non-hydrogen) atoms. The fourth-order valence-corrected chi connectivity index (χ4v) is 4.38. The number of hydrogen-bond acceptors (Lipinski definition) is 3. The van der Waals surface area contributed by atoms with Crippen molar-refractivity contribution in [1.82, 2.24) is 4.98 Å². The molecule has 4 rings (SSSR count). The Balaban J connectivity index is 1.81. The summed E-state index contributed by atoms with van der Waals surface area (Å²) >= 11 is 7.69. The normalized spacial score (nSPS) is 10.6. The van der Waals surface area contributed by atoms with Crippen molar-refractivity contribution in [2.45, 2.75) is 24.6 Å². The van der Waals surface area contributed by atoms with Crippen molar-refractivity contribution in [3.63, 3.8) is 0 Å². The summed E-state index contributed by atoms with van der Waals surface area (Å²) in [5.41, 5.74) is 7.94. The van der Waals surface area contributed by atoms with Crippen LogP contribution in [0.2, 0.25) is 5.02 Å². The molecule has 0 unspecified atom stereocenters. The minimum Gasteiger partial charge on any atom is -0.240 e. The van der Waals surface area contributed by atoms with Crippen LogP contribution in [0.5, 0.6) is 0 Å². The molecule has 1 heterocycles. The summed E-state index contributed by atoms with van der Waals surface area (Å²) in [7, 11) is 0. The maximum absolute atomic E-state index is 10.0. The second-order valence-corrected chi connectivity index (χ2v) is 8.89. The average molecular weight is 441 g/mol. The third-order valence-electron chi connectivity index (χ3n) is 5.10. The largest absolute Gasteiger partial charge is 0.240 e. The maximum Gasteiger partial charge on any atom is 0.115 e. The number of pyridine rings is 1. The number of rotatable bonds is 5. The fourth-order valence-electron chi connectivity index (χ4n) is 3.30. The number of nitriles is 1.